The monoisotopic (exact) mass is 343 g/mol. The lowest BCUT2D eigenvalue weighted by atomic mass is 10.1. The van der Waals surface area contributed by atoms with Gasteiger partial charge in [-0.3, -0.25) is 14.9 Å². The summed E-state index contributed by atoms with van der Waals surface area (Å²) >= 11 is 0. The molecule has 0 atom stereocenters. The molecule has 0 saturated heterocycles. The predicted molar refractivity (Wildman–Crippen MR) is 88.6 cm³/mol. The number of imide groups is 1. The molecule has 2 rings (SSSR count). The average Bonchev–Trinajstić information content (AvgIpc) is 2.62. The highest BCUT2D eigenvalue weighted by Crippen LogP contribution is 2.18. The second-order valence-electron chi connectivity index (χ2n) is 5.18. The van der Waals surface area contributed by atoms with E-state index in [0.717, 1.165) is 0 Å². The molecule has 0 aromatic heterocycles. The molecule has 7 heteroatoms. The fourth-order valence-corrected chi connectivity index (χ4v) is 1.93. The van der Waals surface area contributed by atoms with Gasteiger partial charge in [-0.1, -0.05) is 6.07 Å². The summed E-state index contributed by atoms with van der Waals surface area (Å²) in [5, 5.41) is 11.7. The van der Waals surface area contributed by atoms with E-state index in [-0.39, 0.29) is 16.9 Å². The summed E-state index contributed by atoms with van der Waals surface area (Å²) in [6.07, 6.45) is 0. The number of amides is 2. The van der Waals surface area contributed by atoms with Gasteiger partial charge in [0, 0.05) is 5.56 Å². The van der Waals surface area contributed by atoms with Gasteiger partial charge < -0.3 is 14.6 Å². The smallest absolute Gasteiger partial charge is 0.338 e. The summed E-state index contributed by atoms with van der Waals surface area (Å²) in [6.45, 7) is 1.07. The average molecular weight is 343 g/mol. The highest BCUT2D eigenvalue weighted by Gasteiger charge is 2.14. The number of aryl methyl sites for hydroxylation is 1. The van der Waals surface area contributed by atoms with Crippen molar-refractivity contribution in [2.45, 2.75) is 6.92 Å². The number of carbonyl (C=O) groups excluding carboxylic acids is 3. The van der Waals surface area contributed by atoms with Gasteiger partial charge in [0.05, 0.1) is 12.7 Å². The summed E-state index contributed by atoms with van der Waals surface area (Å²) in [5.41, 5.74) is 0.987. The first-order valence-corrected chi connectivity index (χ1v) is 7.35. The normalized spacial score (nSPS) is 10.0. The third-order valence-corrected chi connectivity index (χ3v) is 3.38. The third kappa shape index (κ3) is 4.81. The summed E-state index contributed by atoms with van der Waals surface area (Å²) < 4.78 is 9.80. The molecule has 130 valence electrons. The molecule has 0 bridgehead atoms. The van der Waals surface area contributed by atoms with Crippen LogP contribution in [-0.2, 0) is 9.53 Å². The van der Waals surface area contributed by atoms with Crippen LogP contribution in [0.3, 0.4) is 0 Å². The lowest BCUT2D eigenvalue weighted by Crippen LogP contribution is -2.34. The van der Waals surface area contributed by atoms with Crippen molar-refractivity contribution >= 4 is 17.8 Å². The van der Waals surface area contributed by atoms with Crippen LogP contribution in [0.15, 0.2) is 42.5 Å². The van der Waals surface area contributed by atoms with Crippen molar-refractivity contribution in [1.29, 1.82) is 0 Å². The number of methoxy groups -OCH3 is 1. The van der Waals surface area contributed by atoms with E-state index in [0.29, 0.717) is 11.3 Å². The first-order valence-electron chi connectivity index (χ1n) is 7.35. The van der Waals surface area contributed by atoms with Crippen LogP contribution in [0.1, 0.15) is 26.3 Å². The van der Waals surface area contributed by atoms with E-state index in [2.05, 4.69) is 5.32 Å². The molecule has 2 N–H and O–H groups in total. The molecule has 7 nitrogen and oxygen atoms in total. The molecule has 2 aromatic carbocycles. The van der Waals surface area contributed by atoms with Gasteiger partial charge in [-0.15, -0.1) is 0 Å². The van der Waals surface area contributed by atoms with Crippen molar-refractivity contribution in [2.75, 3.05) is 13.7 Å². The second-order valence-corrected chi connectivity index (χ2v) is 5.18. The van der Waals surface area contributed by atoms with Gasteiger partial charge in [-0.05, 0) is 48.9 Å². The molecule has 0 heterocycles. The minimum Gasteiger partial charge on any atom is -0.508 e. The SMILES string of the molecule is COc1ccc(C(=O)NC(=O)COC(=O)c2ccc(C)c(O)c2)cc1. The van der Waals surface area contributed by atoms with E-state index in [1.165, 1.54) is 31.4 Å². The largest absolute Gasteiger partial charge is 0.508 e. The first kappa shape index (κ1) is 18.0. The Balaban J connectivity index is 1.87. The van der Waals surface area contributed by atoms with Gasteiger partial charge in [0.2, 0.25) is 0 Å². The number of esters is 1. The van der Waals surface area contributed by atoms with Gasteiger partial charge in [0.25, 0.3) is 11.8 Å². The van der Waals surface area contributed by atoms with Crippen molar-refractivity contribution < 1.29 is 29.0 Å². The molecule has 0 saturated carbocycles. The summed E-state index contributed by atoms with van der Waals surface area (Å²) in [4.78, 5) is 35.5. The zero-order valence-electron chi connectivity index (χ0n) is 13.7. The van der Waals surface area contributed by atoms with E-state index in [4.69, 9.17) is 9.47 Å². The van der Waals surface area contributed by atoms with E-state index in [1.807, 2.05) is 0 Å². The number of hydrogen-bond acceptors (Lipinski definition) is 6. The summed E-state index contributed by atoms with van der Waals surface area (Å²) in [7, 11) is 1.50. The standard InChI is InChI=1S/C18H17NO6/c1-11-3-4-13(9-15(11)20)18(23)25-10-16(21)19-17(22)12-5-7-14(24-2)8-6-12/h3-9,20H,10H2,1-2H3,(H,19,21,22). The molecule has 0 fully saturated rings. The number of benzene rings is 2. The fourth-order valence-electron chi connectivity index (χ4n) is 1.93. The second kappa shape index (κ2) is 7.96. The Morgan fingerprint density at radius 3 is 2.28 bits per heavy atom. The van der Waals surface area contributed by atoms with Crippen LogP contribution in [0, 0.1) is 6.92 Å². The van der Waals surface area contributed by atoms with Gasteiger partial charge in [0.1, 0.15) is 11.5 Å². The maximum atomic E-state index is 11.9. The lowest BCUT2D eigenvalue weighted by Gasteiger charge is -2.07. The van der Waals surface area contributed by atoms with E-state index in [9.17, 15) is 19.5 Å². The van der Waals surface area contributed by atoms with Crippen LogP contribution in [0.4, 0.5) is 0 Å². The molecular formula is C18H17NO6. The Kier molecular flexibility index (Phi) is 5.73. The Morgan fingerprint density at radius 2 is 1.68 bits per heavy atom. The van der Waals surface area contributed by atoms with E-state index < -0.39 is 24.4 Å². The highest BCUT2D eigenvalue weighted by atomic mass is 16.5. The van der Waals surface area contributed by atoms with Crippen LogP contribution < -0.4 is 10.1 Å². The Labute approximate surface area is 144 Å². The Hall–Kier alpha value is -3.35. The summed E-state index contributed by atoms with van der Waals surface area (Å²) in [5.74, 6) is -1.61. The zero-order chi connectivity index (χ0) is 18.4. The van der Waals surface area contributed by atoms with Gasteiger partial charge in [-0.2, -0.15) is 0 Å². The number of aromatic hydroxyl groups is 1. The van der Waals surface area contributed by atoms with Crippen molar-refractivity contribution in [3.63, 3.8) is 0 Å². The molecule has 0 aliphatic heterocycles. The number of carbonyl (C=O) groups is 3. The molecule has 0 spiro atoms. The van der Waals surface area contributed by atoms with Crippen LogP contribution in [-0.4, -0.2) is 36.6 Å². The summed E-state index contributed by atoms with van der Waals surface area (Å²) in [6, 6.07) is 10.5. The van der Waals surface area contributed by atoms with Crippen LogP contribution in [0.25, 0.3) is 0 Å². The number of hydrogen-bond donors (Lipinski definition) is 2. The zero-order valence-corrected chi connectivity index (χ0v) is 13.7. The number of phenolic OH excluding ortho intramolecular Hbond substituents is 1. The quantitative estimate of drug-likeness (QED) is 0.803. The van der Waals surface area contributed by atoms with Crippen LogP contribution in [0.2, 0.25) is 0 Å². The molecule has 25 heavy (non-hydrogen) atoms. The number of nitrogens with one attached hydrogen (secondary N) is 1. The van der Waals surface area contributed by atoms with Gasteiger partial charge in [0.15, 0.2) is 6.61 Å². The minimum absolute atomic E-state index is 0.0476. The van der Waals surface area contributed by atoms with Crippen molar-refractivity contribution in [3.8, 4) is 11.5 Å². The molecule has 2 amide bonds. The molecule has 0 aliphatic carbocycles. The van der Waals surface area contributed by atoms with Crippen LogP contribution in [0.5, 0.6) is 11.5 Å². The van der Waals surface area contributed by atoms with Crippen molar-refractivity contribution in [1.82, 2.24) is 5.32 Å². The lowest BCUT2D eigenvalue weighted by molar-refractivity contribution is -0.123. The fraction of sp³-hybridized carbons (Fsp3) is 0.167. The Bertz CT molecular complexity index is 798. The van der Waals surface area contributed by atoms with Crippen molar-refractivity contribution in [3.05, 3.63) is 59.2 Å². The van der Waals surface area contributed by atoms with Crippen LogP contribution >= 0.6 is 0 Å². The van der Waals surface area contributed by atoms with Crippen molar-refractivity contribution in [2.24, 2.45) is 0 Å². The first-order chi connectivity index (χ1) is 11.9. The van der Waals surface area contributed by atoms with E-state index >= 15 is 0 Å². The maximum absolute atomic E-state index is 11.9. The topological polar surface area (TPSA) is 102 Å². The predicted octanol–water partition coefficient (Wildman–Crippen LogP) is 1.82. The molecule has 0 radical (unpaired) electrons. The van der Waals surface area contributed by atoms with E-state index in [1.54, 1.807) is 25.1 Å². The molecule has 2 aromatic rings. The minimum atomic E-state index is -0.776. The van der Waals surface area contributed by atoms with Gasteiger partial charge in [-0.25, -0.2) is 4.79 Å². The maximum Gasteiger partial charge on any atom is 0.338 e. The highest BCUT2D eigenvalue weighted by molar-refractivity contribution is 6.05. The number of phenols is 1. The molecule has 0 aliphatic rings. The van der Waals surface area contributed by atoms with Gasteiger partial charge >= 0.3 is 5.97 Å². The Morgan fingerprint density at radius 1 is 1.04 bits per heavy atom. The number of rotatable bonds is 5. The molecular weight excluding hydrogens is 326 g/mol. The number of ether oxygens (including phenoxy) is 2. The third-order valence-electron chi connectivity index (χ3n) is 3.38. The molecule has 0 unspecified atom stereocenters.